The van der Waals surface area contributed by atoms with Crippen LogP contribution in [0.2, 0.25) is 0 Å². The van der Waals surface area contributed by atoms with Gasteiger partial charge in [-0.15, -0.1) is 0 Å². The zero-order valence-electron chi connectivity index (χ0n) is 31.4. The molecule has 9 aromatic carbocycles. The van der Waals surface area contributed by atoms with E-state index in [1.165, 1.54) is 54.9 Å². The highest BCUT2D eigenvalue weighted by Gasteiger charge is 2.18. The predicted molar refractivity (Wildman–Crippen MR) is 240 cm³/mol. The van der Waals surface area contributed by atoms with Crippen molar-refractivity contribution in [3.05, 3.63) is 204 Å². The van der Waals surface area contributed by atoms with Crippen LogP contribution in [0.4, 0.5) is 0 Å². The molecule has 11 rings (SSSR count). The Hall–Kier alpha value is -7.42. The molecule has 2 heterocycles. The third kappa shape index (κ3) is 5.41. The van der Waals surface area contributed by atoms with Crippen LogP contribution in [0, 0.1) is 6.92 Å². The molecule has 2 nitrogen and oxygen atoms in total. The number of rotatable bonds is 5. The van der Waals surface area contributed by atoms with Crippen molar-refractivity contribution in [3.8, 4) is 44.5 Å². The normalized spacial score (nSPS) is 12.1. The van der Waals surface area contributed by atoms with Gasteiger partial charge in [0.05, 0.1) is 0 Å². The standard InChI is InChI=1S/C55H36O2/c1-34-12-3-4-13-40(34)33-52-35(2)53-42(19-11-21-51(53)57-52)37-24-28-39(29-25-37)55-46-17-7-5-15-44(46)54(45-16-6-8-18-47(45)55)38-26-22-36(23-27-38)41-30-31-50-48(32-41)43-14-9-10-20-49(43)56-50/h3-33H,1H2,2H3/b40-33-. The van der Waals surface area contributed by atoms with Crippen molar-refractivity contribution in [3.63, 3.8) is 0 Å². The average molecular weight is 729 g/mol. The van der Waals surface area contributed by atoms with Crippen LogP contribution in [0.15, 0.2) is 191 Å². The van der Waals surface area contributed by atoms with Gasteiger partial charge in [-0.1, -0.05) is 164 Å². The number of para-hydroxylation sites is 1. The first-order valence-corrected chi connectivity index (χ1v) is 19.4. The second kappa shape index (κ2) is 13.1. The van der Waals surface area contributed by atoms with E-state index in [9.17, 15) is 0 Å². The molecule has 0 unspecified atom stereocenters. The molecule has 0 fully saturated rings. The van der Waals surface area contributed by atoms with Crippen molar-refractivity contribution < 1.29 is 8.83 Å². The van der Waals surface area contributed by atoms with Crippen LogP contribution in [0.3, 0.4) is 0 Å². The van der Waals surface area contributed by atoms with Crippen LogP contribution in [-0.2, 0) is 0 Å². The third-order valence-corrected chi connectivity index (χ3v) is 11.6. The lowest BCUT2D eigenvalue weighted by atomic mass is 9.85. The van der Waals surface area contributed by atoms with Gasteiger partial charge in [-0.05, 0) is 114 Å². The monoisotopic (exact) mass is 728 g/mol. The minimum Gasteiger partial charge on any atom is -0.456 e. The maximum absolute atomic E-state index is 6.43. The van der Waals surface area contributed by atoms with Crippen LogP contribution >= 0.6 is 0 Å². The molecule has 11 aromatic rings. The molecule has 268 valence electrons. The summed E-state index contributed by atoms with van der Waals surface area (Å²) in [7, 11) is 0. The largest absolute Gasteiger partial charge is 0.456 e. The van der Waals surface area contributed by atoms with Crippen LogP contribution in [0.25, 0.3) is 112 Å². The Kier molecular flexibility index (Phi) is 7.58. The Morgan fingerprint density at radius 1 is 0.404 bits per heavy atom. The van der Waals surface area contributed by atoms with Gasteiger partial charge in [0, 0.05) is 21.7 Å². The van der Waals surface area contributed by atoms with Crippen LogP contribution in [0.1, 0.15) is 11.3 Å². The second-order valence-electron chi connectivity index (χ2n) is 14.9. The summed E-state index contributed by atoms with van der Waals surface area (Å²) < 4.78 is 12.5. The van der Waals surface area contributed by atoms with Crippen LogP contribution < -0.4 is 10.4 Å². The fraction of sp³-hybridized carbons (Fsp3) is 0.0182. The summed E-state index contributed by atoms with van der Waals surface area (Å²) in [6.45, 7) is 6.36. The Labute approximate surface area is 329 Å². The molecule has 2 aromatic heterocycles. The van der Waals surface area contributed by atoms with E-state index in [1.807, 2.05) is 30.3 Å². The molecule has 0 saturated carbocycles. The summed E-state index contributed by atoms with van der Waals surface area (Å²) >= 11 is 0. The van der Waals surface area contributed by atoms with Gasteiger partial charge < -0.3 is 8.83 Å². The summed E-state index contributed by atoms with van der Waals surface area (Å²) in [5.41, 5.74) is 13.4. The summed E-state index contributed by atoms with van der Waals surface area (Å²) in [5, 5.41) is 10.4. The first kappa shape index (κ1) is 33.0. The highest BCUT2D eigenvalue weighted by atomic mass is 16.3. The van der Waals surface area contributed by atoms with Gasteiger partial charge in [-0.3, -0.25) is 0 Å². The third-order valence-electron chi connectivity index (χ3n) is 11.6. The molecular formula is C55H36O2. The highest BCUT2D eigenvalue weighted by molar-refractivity contribution is 6.21. The van der Waals surface area contributed by atoms with E-state index in [0.29, 0.717) is 0 Å². The Morgan fingerprint density at radius 3 is 1.56 bits per heavy atom. The first-order valence-electron chi connectivity index (χ1n) is 19.4. The molecule has 0 aliphatic heterocycles. The molecule has 0 bridgehead atoms. The van der Waals surface area contributed by atoms with E-state index in [4.69, 9.17) is 8.83 Å². The lowest BCUT2D eigenvalue weighted by Crippen LogP contribution is -2.21. The molecule has 0 N–H and O–H groups in total. The number of hydrogen-bond donors (Lipinski definition) is 0. The quantitative estimate of drug-likeness (QED) is 0.165. The van der Waals surface area contributed by atoms with E-state index in [1.54, 1.807) is 0 Å². The van der Waals surface area contributed by atoms with Crippen LogP contribution in [0.5, 0.6) is 0 Å². The van der Waals surface area contributed by atoms with Crippen molar-refractivity contribution in [1.82, 2.24) is 0 Å². The van der Waals surface area contributed by atoms with E-state index >= 15 is 0 Å². The molecule has 0 saturated heterocycles. The molecular weight excluding hydrogens is 693 g/mol. The van der Waals surface area contributed by atoms with Crippen molar-refractivity contribution >= 4 is 67.1 Å². The molecule has 0 aliphatic carbocycles. The van der Waals surface area contributed by atoms with Crippen molar-refractivity contribution in [2.24, 2.45) is 0 Å². The van der Waals surface area contributed by atoms with Gasteiger partial charge in [0.2, 0.25) is 0 Å². The van der Waals surface area contributed by atoms with Crippen molar-refractivity contribution in [2.45, 2.75) is 6.92 Å². The molecule has 0 radical (unpaired) electrons. The lowest BCUT2D eigenvalue weighted by molar-refractivity contribution is 0.601. The number of fused-ring (bicyclic) bond motifs is 6. The molecule has 0 spiro atoms. The molecule has 0 aliphatic rings. The molecule has 0 amide bonds. The summed E-state index contributed by atoms with van der Waals surface area (Å²) in [5.74, 6) is 0.863. The van der Waals surface area contributed by atoms with E-state index < -0.39 is 0 Å². The van der Waals surface area contributed by atoms with Gasteiger partial charge in [-0.2, -0.15) is 0 Å². The predicted octanol–water partition coefficient (Wildman–Crippen LogP) is 13.9. The Balaban J connectivity index is 1.00. The van der Waals surface area contributed by atoms with Crippen molar-refractivity contribution in [1.29, 1.82) is 0 Å². The van der Waals surface area contributed by atoms with Crippen LogP contribution in [-0.4, -0.2) is 0 Å². The minimum absolute atomic E-state index is 0.863. The molecule has 57 heavy (non-hydrogen) atoms. The van der Waals surface area contributed by atoms with Crippen molar-refractivity contribution in [2.75, 3.05) is 0 Å². The van der Waals surface area contributed by atoms with E-state index in [2.05, 4.69) is 171 Å². The number of aryl methyl sites for hydroxylation is 1. The maximum Gasteiger partial charge on any atom is 0.135 e. The topological polar surface area (TPSA) is 26.3 Å². The second-order valence-corrected chi connectivity index (χ2v) is 14.9. The minimum atomic E-state index is 0.863. The van der Waals surface area contributed by atoms with Gasteiger partial charge in [0.1, 0.15) is 22.5 Å². The van der Waals surface area contributed by atoms with E-state index in [0.717, 1.165) is 65.8 Å². The maximum atomic E-state index is 6.43. The zero-order valence-corrected chi connectivity index (χ0v) is 31.4. The highest BCUT2D eigenvalue weighted by Crippen LogP contribution is 2.45. The fourth-order valence-corrected chi connectivity index (χ4v) is 8.82. The van der Waals surface area contributed by atoms with Gasteiger partial charge in [-0.25, -0.2) is 0 Å². The molecule has 2 heteroatoms. The van der Waals surface area contributed by atoms with E-state index in [-0.39, 0.29) is 0 Å². The Morgan fingerprint density at radius 2 is 0.912 bits per heavy atom. The van der Waals surface area contributed by atoms with Gasteiger partial charge >= 0.3 is 0 Å². The van der Waals surface area contributed by atoms with Gasteiger partial charge in [0.25, 0.3) is 0 Å². The Bertz CT molecular complexity index is 3410. The average Bonchev–Trinajstić information content (AvgIpc) is 3.80. The smallest absolute Gasteiger partial charge is 0.135 e. The number of furan rings is 2. The summed E-state index contributed by atoms with van der Waals surface area (Å²) in [6, 6.07) is 65.0. The summed E-state index contributed by atoms with van der Waals surface area (Å²) in [6.07, 6.45) is 2.10. The first-order chi connectivity index (χ1) is 28.1. The zero-order chi connectivity index (χ0) is 38.0. The number of hydrogen-bond acceptors (Lipinski definition) is 2. The fourth-order valence-electron chi connectivity index (χ4n) is 8.82. The SMILES string of the molecule is C=c1cccc/c1=C/c1oc2cccc(-c3ccc(-c4c5ccccc5c(-c5ccc(-c6ccc7oc8ccccc8c7c6)cc5)c5ccccc45)cc3)c2c1C. The molecule has 0 atom stereocenters. The lowest BCUT2D eigenvalue weighted by Gasteiger charge is -2.18. The number of benzene rings is 9. The summed E-state index contributed by atoms with van der Waals surface area (Å²) in [4.78, 5) is 0. The van der Waals surface area contributed by atoms with Gasteiger partial charge in [0.15, 0.2) is 0 Å².